The third kappa shape index (κ3) is 2.56. The molecular weight excluding hydrogens is 216 g/mol. The van der Waals surface area contributed by atoms with Gasteiger partial charge in [-0.15, -0.1) is 0 Å². The smallest absolute Gasteiger partial charge is 0.114 e. The van der Waals surface area contributed by atoms with Crippen LogP contribution in [0.5, 0.6) is 0 Å². The van der Waals surface area contributed by atoms with Crippen LogP contribution in [0.25, 0.3) is 6.08 Å². The van der Waals surface area contributed by atoms with Gasteiger partial charge in [-0.3, -0.25) is 0 Å². The van der Waals surface area contributed by atoms with E-state index in [2.05, 4.69) is 0 Å². The van der Waals surface area contributed by atoms with Crippen molar-refractivity contribution in [2.24, 2.45) is 5.73 Å². The minimum Gasteiger partial charge on any atom is -0.389 e. The SMILES string of the molecule is N#C/C(=C/c1ccccc1Cl)C(N)=S. The molecule has 0 amide bonds. The average Bonchev–Trinajstić information content (AvgIpc) is 2.16. The lowest BCUT2D eigenvalue weighted by Gasteiger charge is -1.98. The molecule has 14 heavy (non-hydrogen) atoms. The molecule has 70 valence electrons. The first-order valence-electron chi connectivity index (χ1n) is 3.81. The number of benzene rings is 1. The van der Waals surface area contributed by atoms with Gasteiger partial charge in [0.15, 0.2) is 0 Å². The fourth-order valence-electron chi connectivity index (χ4n) is 0.906. The molecule has 2 nitrogen and oxygen atoms in total. The summed E-state index contributed by atoms with van der Waals surface area (Å²) in [6.07, 6.45) is 1.57. The fourth-order valence-corrected chi connectivity index (χ4v) is 1.20. The monoisotopic (exact) mass is 222 g/mol. The van der Waals surface area contributed by atoms with E-state index in [0.717, 1.165) is 5.56 Å². The van der Waals surface area contributed by atoms with Crippen LogP contribution in [0, 0.1) is 11.3 Å². The zero-order valence-electron chi connectivity index (χ0n) is 7.20. The zero-order chi connectivity index (χ0) is 10.6. The number of halogens is 1. The third-order valence-electron chi connectivity index (χ3n) is 1.59. The quantitative estimate of drug-likeness (QED) is 0.475. The highest BCUT2D eigenvalue weighted by Crippen LogP contribution is 2.17. The summed E-state index contributed by atoms with van der Waals surface area (Å²) < 4.78 is 0. The lowest BCUT2D eigenvalue weighted by molar-refractivity contribution is 1.51. The van der Waals surface area contributed by atoms with Gasteiger partial charge in [0, 0.05) is 5.02 Å². The summed E-state index contributed by atoms with van der Waals surface area (Å²) in [5.41, 5.74) is 6.33. The van der Waals surface area contributed by atoms with E-state index in [0.29, 0.717) is 5.02 Å². The normalized spacial score (nSPS) is 10.7. The highest BCUT2D eigenvalue weighted by atomic mass is 35.5. The Kier molecular flexibility index (Phi) is 3.63. The Hall–Kier alpha value is -1.37. The first kappa shape index (κ1) is 10.7. The zero-order valence-corrected chi connectivity index (χ0v) is 8.77. The van der Waals surface area contributed by atoms with Crippen molar-refractivity contribution in [3.63, 3.8) is 0 Å². The van der Waals surface area contributed by atoms with Gasteiger partial charge in [0.2, 0.25) is 0 Å². The Balaban J connectivity index is 3.15. The van der Waals surface area contributed by atoms with Crippen molar-refractivity contribution in [1.82, 2.24) is 0 Å². The molecule has 0 aliphatic rings. The summed E-state index contributed by atoms with van der Waals surface area (Å²) in [6, 6.07) is 9.08. The standard InChI is InChI=1S/C10H7ClN2S/c11-9-4-2-1-3-7(9)5-8(6-12)10(13)14/h1-5H,(H2,13,14)/b8-5-. The van der Waals surface area contributed by atoms with E-state index < -0.39 is 0 Å². The number of hydrogen-bond donors (Lipinski definition) is 1. The van der Waals surface area contributed by atoms with Crippen molar-refractivity contribution in [1.29, 1.82) is 5.26 Å². The van der Waals surface area contributed by atoms with Crippen molar-refractivity contribution in [2.45, 2.75) is 0 Å². The third-order valence-corrected chi connectivity index (χ3v) is 2.16. The molecule has 4 heteroatoms. The van der Waals surface area contributed by atoms with Gasteiger partial charge in [-0.05, 0) is 17.7 Å². The predicted octanol–water partition coefficient (Wildman–Crippen LogP) is 2.53. The second-order valence-electron chi connectivity index (χ2n) is 2.56. The minimum atomic E-state index is 0.0763. The minimum absolute atomic E-state index is 0.0763. The number of hydrogen-bond acceptors (Lipinski definition) is 2. The van der Waals surface area contributed by atoms with E-state index in [4.69, 9.17) is 34.8 Å². The number of rotatable bonds is 2. The Morgan fingerprint density at radius 2 is 2.14 bits per heavy atom. The van der Waals surface area contributed by atoms with Gasteiger partial charge < -0.3 is 5.73 Å². The van der Waals surface area contributed by atoms with Crippen LogP contribution in [-0.2, 0) is 0 Å². The highest BCUT2D eigenvalue weighted by Gasteiger charge is 2.01. The van der Waals surface area contributed by atoms with Crippen LogP contribution in [0.2, 0.25) is 5.02 Å². The summed E-state index contributed by atoms with van der Waals surface area (Å²) in [5.74, 6) is 0. The molecule has 0 unspecified atom stereocenters. The van der Waals surface area contributed by atoms with Crippen molar-refractivity contribution < 1.29 is 0 Å². The lowest BCUT2D eigenvalue weighted by Crippen LogP contribution is -2.09. The van der Waals surface area contributed by atoms with Gasteiger partial charge in [-0.1, -0.05) is 42.0 Å². The molecule has 0 aliphatic heterocycles. The molecule has 1 aromatic carbocycles. The summed E-state index contributed by atoms with van der Waals surface area (Å²) >= 11 is 10.6. The molecule has 0 bridgehead atoms. The molecule has 1 rings (SSSR count). The molecule has 0 atom stereocenters. The first-order chi connectivity index (χ1) is 6.65. The summed E-state index contributed by atoms with van der Waals surface area (Å²) in [7, 11) is 0. The molecular formula is C10H7ClN2S. The van der Waals surface area contributed by atoms with Gasteiger partial charge in [0.05, 0.1) is 5.57 Å². The largest absolute Gasteiger partial charge is 0.389 e. The van der Waals surface area contributed by atoms with Crippen LogP contribution in [0.4, 0.5) is 0 Å². The van der Waals surface area contributed by atoms with Gasteiger partial charge in [-0.25, -0.2) is 0 Å². The highest BCUT2D eigenvalue weighted by molar-refractivity contribution is 7.80. The number of thiocarbonyl (C=S) groups is 1. The molecule has 0 spiro atoms. The van der Waals surface area contributed by atoms with E-state index in [9.17, 15) is 0 Å². The van der Waals surface area contributed by atoms with Gasteiger partial charge in [0.1, 0.15) is 11.1 Å². The van der Waals surface area contributed by atoms with Crippen molar-refractivity contribution in [2.75, 3.05) is 0 Å². The molecule has 0 saturated heterocycles. The molecule has 1 aromatic rings. The van der Waals surface area contributed by atoms with Crippen LogP contribution in [0.15, 0.2) is 29.8 Å². The maximum Gasteiger partial charge on any atom is 0.114 e. The van der Waals surface area contributed by atoms with Crippen molar-refractivity contribution >= 4 is 34.9 Å². The first-order valence-corrected chi connectivity index (χ1v) is 4.60. The summed E-state index contributed by atoms with van der Waals surface area (Å²) in [6.45, 7) is 0. The van der Waals surface area contributed by atoms with Crippen LogP contribution >= 0.6 is 23.8 Å². The Bertz CT molecular complexity index is 432. The van der Waals surface area contributed by atoms with Crippen LogP contribution in [-0.4, -0.2) is 4.99 Å². The summed E-state index contributed by atoms with van der Waals surface area (Å²) in [5, 5.41) is 9.29. The van der Waals surface area contributed by atoms with Crippen LogP contribution < -0.4 is 5.73 Å². The summed E-state index contributed by atoms with van der Waals surface area (Å²) in [4.78, 5) is 0.0763. The van der Waals surface area contributed by atoms with E-state index in [1.165, 1.54) is 0 Å². The van der Waals surface area contributed by atoms with Crippen LogP contribution in [0.3, 0.4) is 0 Å². The Morgan fingerprint density at radius 3 is 2.64 bits per heavy atom. The molecule has 0 aliphatic carbocycles. The predicted molar refractivity (Wildman–Crippen MR) is 61.8 cm³/mol. The topological polar surface area (TPSA) is 49.8 Å². The van der Waals surface area contributed by atoms with Gasteiger partial charge in [-0.2, -0.15) is 5.26 Å². The van der Waals surface area contributed by atoms with Crippen molar-refractivity contribution in [3.8, 4) is 6.07 Å². The number of nitrogens with zero attached hydrogens (tertiary/aromatic N) is 1. The van der Waals surface area contributed by atoms with E-state index in [1.807, 2.05) is 18.2 Å². The molecule has 0 aromatic heterocycles. The maximum absolute atomic E-state index is 8.72. The Labute approximate surface area is 92.6 Å². The molecule has 0 heterocycles. The van der Waals surface area contributed by atoms with Crippen LogP contribution in [0.1, 0.15) is 5.56 Å². The van der Waals surface area contributed by atoms with E-state index >= 15 is 0 Å². The van der Waals surface area contributed by atoms with Gasteiger partial charge in [0.25, 0.3) is 0 Å². The lowest BCUT2D eigenvalue weighted by atomic mass is 10.1. The van der Waals surface area contributed by atoms with E-state index in [1.54, 1.807) is 18.2 Å². The molecule has 2 N–H and O–H groups in total. The van der Waals surface area contributed by atoms with Gasteiger partial charge >= 0.3 is 0 Å². The Morgan fingerprint density at radius 1 is 1.50 bits per heavy atom. The van der Waals surface area contributed by atoms with Crippen molar-refractivity contribution in [3.05, 3.63) is 40.4 Å². The molecule has 0 saturated carbocycles. The van der Waals surface area contributed by atoms with E-state index in [-0.39, 0.29) is 10.6 Å². The fraction of sp³-hybridized carbons (Fsp3) is 0. The second-order valence-corrected chi connectivity index (χ2v) is 3.40. The number of nitrogens with two attached hydrogens (primary N) is 1. The average molecular weight is 223 g/mol. The molecule has 0 radical (unpaired) electrons. The number of nitriles is 1. The maximum atomic E-state index is 8.72. The second kappa shape index (κ2) is 4.75. The molecule has 0 fully saturated rings.